The van der Waals surface area contributed by atoms with E-state index in [0.29, 0.717) is 0 Å². The van der Waals surface area contributed by atoms with Gasteiger partial charge in [-0.1, -0.05) is 48.5 Å². The quantitative estimate of drug-likeness (QED) is 0.470. The van der Waals surface area contributed by atoms with Crippen LogP contribution in [0.4, 0.5) is 0 Å². The first-order valence-corrected chi connectivity index (χ1v) is 10.5. The van der Waals surface area contributed by atoms with Gasteiger partial charge in [0.15, 0.2) is 12.4 Å². The summed E-state index contributed by atoms with van der Waals surface area (Å²) in [6.07, 6.45) is -0.569. The molecule has 31 heavy (non-hydrogen) atoms. The highest BCUT2D eigenvalue weighted by molar-refractivity contribution is 7.10. The maximum atomic E-state index is 12.4. The van der Waals surface area contributed by atoms with Crippen molar-refractivity contribution in [1.82, 2.24) is 5.32 Å². The molecule has 3 rings (SSSR count). The summed E-state index contributed by atoms with van der Waals surface area (Å²) in [4.78, 5) is 48.7. The van der Waals surface area contributed by atoms with Gasteiger partial charge in [-0.15, -0.1) is 11.3 Å². The zero-order chi connectivity index (χ0) is 22.2. The molecule has 160 valence electrons. The fourth-order valence-electron chi connectivity index (χ4n) is 3.14. The fraction of sp³-hybridized carbons (Fsp3) is 0.217. The molecule has 2 aromatic carbocycles. The normalized spacial score (nSPS) is 11.6. The maximum Gasteiger partial charge on any atom is 0.310 e. The second-order valence-corrected chi connectivity index (χ2v) is 7.95. The van der Waals surface area contributed by atoms with Crippen LogP contribution in [0.5, 0.6) is 0 Å². The van der Waals surface area contributed by atoms with Gasteiger partial charge in [0, 0.05) is 4.88 Å². The second-order valence-electron chi connectivity index (χ2n) is 6.92. The lowest BCUT2D eigenvalue weighted by atomic mass is 10.0. The lowest BCUT2D eigenvalue weighted by molar-refractivity contribution is -0.148. The minimum Gasteiger partial charge on any atom is -0.481 e. The number of benzene rings is 2. The minimum absolute atomic E-state index is 0.0248. The third-order valence-electron chi connectivity index (χ3n) is 4.61. The van der Waals surface area contributed by atoms with Gasteiger partial charge in [-0.3, -0.25) is 19.2 Å². The maximum absolute atomic E-state index is 12.4. The first-order chi connectivity index (χ1) is 14.9. The molecule has 0 radical (unpaired) electrons. The van der Waals surface area contributed by atoms with Crippen molar-refractivity contribution in [3.8, 4) is 0 Å². The standard InChI is InChI=1S/C23H21NO6S/c25-20(19(13-22(27)28)24-21(26)12-17-8-4-10-31-17)14-30-23(29)11-16-7-3-6-15-5-1-2-9-18(15)16/h1-10,19H,11-14H2,(H,24,26)(H,27,28). The third kappa shape index (κ3) is 6.48. The van der Waals surface area contributed by atoms with Gasteiger partial charge < -0.3 is 15.2 Å². The van der Waals surface area contributed by atoms with E-state index in [0.717, 1.165) is 21.2 Å². The molecule has 0 fully saturated rings. The molecule has 0 aliphatic carbocycles. The predicted octanol–water partition coefficient (Wildman–Crippen LogP) is 2.76. The molecule has 3 aromatic rings. The van der Waals surface area contributed by atoms with Crippen LogP contribution in [0.2, 0.25) is 0 Å². The Kier molecular flexibility index (Phi) is 7.50. The van der Waals surface area contributed by atoms with Crippen molar-refractivity contribution < 1.29 is 29.0 Å². The monoisotopic (exact) mass is 439 g/mol. The summed E-state index contributed by atoms with van der Waals surface area (Å²) in [5.41, 5.74) is 0.766. The molecule has 1 heterocycles. The van der Waals surface area contributed by atoms with E-state index in [-0.39, 0.29) is 12.8 Å². The minimum atomic E-state index is -1.27. The van der Waals surface area contributed by atoms with Crippen molar-refractivity contribution in [3.05, 3.63) is 70.4 Å². The van der Waals surface area contributed by atoms with E-state index in [1.165, 1.54) is 11.3 Å². The molecule has 8 heteroatoms. The number of carboxylic acid groups (broad SMARTS) is 1. The summed E-state index contributed by atoms with van der Waals surface area (Å²) in [5, 5.41) is 15.2. The van der Waals surface area contributed by atoms with Crippen LogP contribution in [0.15, 0.2) is 60.0 Å². The Bertz CT molecular complexity index is 1090. The van der Waals surface area contributed by atoms with Gasteiger partial charge in [0.2, 0.25) is 5.91 Å². The van der Waals surface area contributed by atoms with Crippen molar-refractivity contribution in [1.29, 1.82) is 0 Å². The lowest BCUT2D eigenvalue weighted by Crippen LogP contribution is -2.44. The third-order valence-corrected chi connectivity index (χ3v) is 5.48. The average Bonchev–Trinajstić information content (AvgIpc) is 3.24. The van der Waals surface area contributed by atoms with Gasteiger partial charge in [-0.05, 0) is 27.8 Å². The summed E-state index contributed by atoms with van der Waals surface area (Å²) >= 11 is 1.38. The molecule has 1 atom stereocenters. The number of Topliss-reactive ketones (excluding diaryl/α,β-unsaturated/α-hetero) is 1. The number of ketones is 1. The highest BCUT2D eigenvalue weighted by atomic mass is 32.1. The highest BCUT2D eigenvalue weighted by Gasteiger charge is 2.25. The Morgan fingerprint density at radius 3 is 2.48 bits per heavy atom. The van der Waals surface area contributed by atoms with Crippen molar-refractivity contribution in [3.63, 3.8) is 0 Å². The molecular formula is C23H21NO6S. The number of ether oxygens (including phenoxy) is 1. The van der Waals surface area contributed by atoms with Crippen molar-refractivity contribution in [2.24, 2.45) is 0 Å². The Balaban J connectivity index is 1.57. The van der Waals surface area contributed by atoms with Crippen LogP contribution in [0.25, 0.3) is 10.8 Å². The summed E-state index contributed by atoms with van der Waals surface area (Å²) in [7, 11) is 0. The molecule has 1 amide bonds. The van der Waals surface area contributed by atoms with Crippen LogP contribution in [0.3, 0.4) is 0 Å². The molecule has 1 unspecified atom stereocenters. The molecule has 0 aliphatic heterocycles. The molecule has 2 N–H and O–H groups in total. The molecule has 0 aliphatic rings. The van der Waals surface area contributed by atoms with E-state index in [9.17, 15) is 19.2 Å². The van der Waals surface area contributed by atoms with Crippen LogP contribution in [-0.2, 0) is 36.8 Å². The van der Waals surface area contributed by atoms with E-state index < -0.39 is 42.7 Å². The second kappa shape index (κ2) is 10.5. The number of thiophene rings is 1. The van der Waals surface area contributed by atoms with Gasteiger partial charge in [-0.2, -0.15) is 0 Å². The van der Waals surface area contributed by atoms with Gasteiger partial charge >= 0.3 is 11.9 Å². The van der Waals surface area contributed by atoms with Gasteiger partial charge in [0.25, 0.3) is 0 Å². The Morgan fingerprint density at radius 1 is 0.968 bits per heavy atom. The Labute approximate surface area is 182 Å². The largest absolute Gasteiger partial charge is 0.481 e. The number of nitrogens with one attached hydrogen (secondary N) is 1. The van der Waals surface area contributed by atoms with Crippen LogP contribution < -0.4 is 5.32 Å². The molecule has 0 saturated heterocycles. The summed E-state index contributed by atoms with van der Waals surface area (Å²) < 4.78 is 5.08. The molecule has 7 nitrogen and oxygen atoms in total. The van der Waals surface area contributed by atoms with E-state index in [1.54, 1.807) is 12.1 Å². The van der Waals surface area contributed by atoms with Crippen molar-refractivity contribution in [2.45, 2.75) is 25.3 Å². The first-order valence-electron chi connectivity index (χ1n) is 9.61. The average molecular weight is 439 g/mol. The number of aliphatic carboxylic acids is 1. The van der Waals surface area contributed by atoms with E-state index in [4.69, 9.17) is 9.84 Å². The lowest BCUT2D eigenvalue weighted by Gasteiger charge is -2.16. The smallest absolute Gasteiger partial charge is 0.310 e. The van der Waals surface area contributed by atoms with Crippen LogP contribution in [-0.4, -0.2) is 41.4 Å². The van der Waals surface area contributed by atoms with Gasteiger partial charge in [0.05, 0.1) is 19.3 Å². The van der Waals surface area contributed by atoms with Crippen molar-refractivity contribution in [2.75, 3.05) is 6.61 Å². The Morgan fingerprint density at radius 2 is 1.74 bits per heavy atom. The molecule has 0 bridgehead atoms. The predicted molar refractivity (Wildman–Crippen MR) is 116 cm³/mol. The SMILES string of the molecule is O=C(O)CC(NC(=O)Cc1cccs1)C(=O)COC(=O)Cc1cccc2ccccc12. The number of fused-ring (bicyclic) bond motifs is 1. The number of esters is 1. The zero-order valence-corrected chi connectivity index (χ0v) is 17.4. The van der Waals surface area contributed by atoms with Crippen LogP contribution in [0.1, 0.15) is 16.9 Å². The number of hydrogen-bond acceptors (Lipinski definition) is 6. The molecule has 0 saturated carbocycles. The van der Waals surface area contributed by atoms with E-state index in [1.807, 2.05) is 47.8 Å². The number of carbonyl (C=O) groups is 4. The summed E-state index contributed by atoms with van der Waals surface area (Å²) in [6, 6.07) is 15.5. The molecule has 1 aromatic heterocycles. The van der Waals surface area contributed by atoms with E-state index in [2.05, 4.69) is 5.32 Å². The number of rotatable bonds is 10. The summed E-state index contributed by atoms with van der Waals surface area (Å²) in [5.74, 6) is -2.99. The fourth-order valence-corrected chi connectivity index (χ4v) is 3.85. The number of amides is 1. The summed E-state index contributed by atoms with van der Waals surface area (Å²) in [6.45, 7) is -0.610. The Hall–Kier alpha value is -3.52. The van der Waals surface area contributed by atoms with Crippen molar-refractivity contribution >= 4 is 45.7 Å². The molecule has 0 spiro atoms. The zero-order valence-electron chi connectivity index (χ0n) is 16.6. The van der Waals surface area contributed by atoms with Gasteiger partial charge in [-0.25, -0.2) is 0 Å². The van der Waals surface area contributed by atoms with Crippen LogP contribution >= 0.6 is 11.3 Å². The van der Waals surface area contributed by atoms with Crippen LogP contribution in [0, 0.1) is 0 Å². The first kappa shape index (κ1) is 22.2. The number of carbonyl (C=O) groups excluding carboxylic acids is 3. The number of hydrogen-bond donors (Lipinski definition) is 2. The number of carboxylic acids is 1. The topological polar surface area (TPSA) is 110 Å². The van der Waals surface area contributed by atoms with Gasteiger partial charge in [0.1, 0.15) is 6.04 Å². The molecular weight excluding hydrogens is 418 g/mol. The van der Waals surface area contributed by atoms with E-state index >= 15 is 0 Å². The highest BCUT2D eigenvalue weighted by Crippen LogP contribution is 2.19.